The number of ether oxygens (including phenoxy) is 1. The van der Waals surface area contributed by atoms with Gasteiger partial charge < -0.3 is 10.1 Å². The van der Waals surface area contributed by atoms with Crippen LogP contribution in [0.1, 0.15) is 26.2 Å². The van der Waals surface area contributed by atoms with E-state index in [4.69, 9.17) is 0 Å². The van der Waals surface area contributed by atoms with Crippen molar-refractivity contribution >= 4 is 10.0 Å². The van der Waals surface area contributed by atoms with Crippen LogP contribution in [-0.4, -0.2) is 53.4 Å². The molecule has 0 unspecified atom stereocenters. The van der Waals surface area contributed by atoms with Gasteiger partial charge in [0.2, 0.25) is 10.0 Å². The van der Waals surface area contributed by atoms with E-state index in [0.29, 0.717) is 6.42 Å². The van der Waals surface area contributed by atoms with Crippen molar-refractivity contribution in [1.29, 1.82) is 0 Å². The lowest BCUT2D eigenvalue weighted by molar-refractivity contribution is 0.0199. The second-order valence-corrected chi connectivity index (χ2v) is 6.06. The van der Waals surface area contributed by atoms with Crippen molar-refractivity contribution in [2.45, 2.75) is 32.6 Å². The molecule has 0 fully saturated rings. The average molecular weight is 302 g/mol. The standard InChI is InChI=1S/C11H24F2N2O3S/c1-2-5-14-6-3-4-9-19(16,17)15-7-8-18-10-11(12)13/h11,14-15H,2-10H2,1H3. The molecule has 0 saturated heterocycles. The Labute approximate surface area is 114 Å². The van der Waals surface area contributed by atoms with Gasteiger partial charge in [-0.05, 0) is 32.4 Å². The minimum atomic E-state index is -3.32. The first-order chi connectivity index (χ1) is 8.98. The molecule has 0 amide bonds. The zero-order chi connectivity index (χ0) is 14.6. The zero-order valence-electron chi connectivity index (χ0n) is 11.3. The van der Waals surface area contributed by atoms with Crippen molar-refractivity contribution in [3.63, 3.8) is 0 Å². The summed E-state index contributed by atoms with van der Waals surface area (Å²) in [5.41, 5.74) is 0. The van der Waals surface area contributed by atoms with Crippen LogP contribution in [0.25, 0.3) is 0 Å². The van der Waals surface area contributed by atoms with Crippen LogP contribution in [0.15, 0.2) is 0 Å². The van der Waals surface area contributed by atoms with E-state index in [1.807, 2.05) is 0 Å². The normalized spacial score (nSPS) is 12.2. The summed E-state index contributed by atoms with van der Waals surface area (Å²) >= 11 is 0. The molecule has 0 aromatic rings. The maximum atomic E-state index is 11.7. The van der Waals surface area contributed by atoms with E-state index in [1.54, 1.807) is 0 Å². The Morgan fingerprint density at radius 2 is 1.89 bits per heavy atom. The topological polar surface area (TPSA) is 67.4 Å². The number of rotatable bonds is 13. The first-order valence-electron chi connectivity index (χ1n) is 6.52. The molecule has 0 aromatic carbocycles. The summed E-state index contributed by atoms with van der Waals surface area (Å²) in [6.45, 7) is 3.14. The van der Waals surface area contributed by atoms with E-state index < -0.39 is 23.1 Å². The van der Waals surface area contributed by atoms with Gasteiger partial charge in [0.25, 0.3) is 6.43 Å². The fourth-order valence-corrected chi connectivity index (χ4v) is 2.48. The van der Waals surface area contributed by atoms with Crippen molar-refractivity contribution in [3.8, 4) is 0 Å². The van der Waals surface area contributed by atoms with Gasteiger partial charge in [0.15, 0.2) is 0 Å². The molecular formula is C11H24F2N2O3S. The van der Waals surface area contributed by atoms with Gasteiger partial charge >= 0.3 is 0 Å². The smallest absolute Gasteiger partial charge is 0.261 e. The van der Waals surface area contributed by atoms with Gasteiger partial charge in [-0.2, -0.15) is 0 Å². The maximum absolute atomic E-state index is 11.7. The summed E-state index contributed by atoms with van der Waals surface area (Å²) in [4.78, 5) is 0. The molecule has 0 heterocycles. The summed E-state index contributed by atoms with van der Waals surface area (Å²) in [5, 5.41) is 3.19. The molecule has 0 aromatic heterocycles. The van der Waals surface area contributed by atoms with Crippen LogP contribution >= 0.6 is 0 Å². The number of alkyl halides is 2. The molecular weight excluding hydrogens is 278 g/mol. The SMILES string of the molecule is CCCNCCCCS(=O)(=O)NCCOCC(F)F. The van der Waals surface area contributed by atoms with E-state index in [0.717, 1.165) is 25.9 Å². The third kappa shape index (κ3) is 13.9. The molecule has 0 radical (unpaired) electrons. The Morgan fingerprint density at radius 1 is 1.16 bits per heavy atom. The molecule has 0 spiro atoms. The Hall–Kier alpha value is -0.310. The molecule has 19 heavy (non-hydrogen) atoms. The summed E-state index contributed by atoms with van der Waals surface area (Å²) < 4.78 is 53.3. The van der Waals surface area contributed by atoms with Crippen molar-refractivity contribution < 1.29 is 21.9 Å². The van der Waals surface area contributed by atoms with Crippen molar-refractivity contribution in [2.24, 2.45) is 0 Å². The number of unbranched alkanes of at least 4 members (excludes halogenated alkanes) is 1. The number of hydrogen-bond acceptors (Lipinski definition) is 4. The molecule has 0 aliphatic carbocycles. The highest BCUT2D eigenvalue weighted by atomic mass is 32.2. The highest BCUT2D eigenvalue weighted by Gasteiger charge is 2.09. The fraction of sp³-hybridized carbons (Fsp3) is 1.00. The molecule has 0 atom stereocenters. The molecule has 0 rings (SSSR count). The first-order valence-corrected chi connectivity index (χ1v) is 8.17. The molecule has 116 valence electrons. The van der Waals surface area contributed by atoms with Crippen LogP contribution < -0.4 is 10.0 Å². The molecule has 8 heteroatoms. The summed E-state index contributed by atoms with van der Waals surface area (Å²) in [7, 11) is -3.32. The monoisotopic (exact) mass is 302 g/mol. The molecule has 0 aliphatic heterocycles. The largest absolute Gasteiger partial charge is 0.374 e. The highest BCUT2D eigenvalue weighted by Crippen LogP contribution is 1.95. The van der Waals surface area contributed by atoms with Crippen LogP contribution in [0.5, 0.6) is 0 Å². The third-order valence-corrected chi connectivity index (χ3v) is 3.73. The minimum Gasteiger partial charge on any atom is -0.374 e. The highest BCUT2D eigenvalue weighted by molar-refractivity contribution is 7.89. The van der Waals surface area contributed by atoms with Crippen molar-refractivity contribution in [1.82, 2.24) is 10.0 Å². The van der Waals surface area contributed by atoms with Gasteiger partial charge in [-0.15, -0.1) is 0 Å². The Balaban J connectivity index is 3.47. The number of nitrogens with one attached hydrogen (secondary N) is 2. The van der Waals surface area contributed by atoms with Crippen LogP contribution in [0.2, 0.25) is 0 Å². The van der Waals surface area contributed by atoms with Crippen molar-refractivity contribution in [2.75, 3.05) is 38.6 Å². The Bertz CT molecular complexity index is 300. The van der Waals surface area contributed by atoms with Crippen molar-refractivity contribution in [3.05, 3.63) is 0 Å². The van der Waals surface area contributed by atoms with Gasteiger partial charge in [0.1, 0.15) is 6.61 Å². The van der Waals surface area contributed by atoms with E-state index in [-0.39, 0.29) is 18.9 Å². The molecule has 2 N–H and O–H groups in total. The number of halogens is 2. The zero-order valence-corrected chi connectivity index (χ0v) is 12.1. The molecule has 0 bridgehead atoms. The fourth-order valence-electron chi connectivity index (χ4n) is 1.36. The number of hydrogen-bond donors (Lipinski definition) is 2. The predicted molar refractivity (Wildman–Crippen MR) is 71.0 cm³/mol. The van der Waals surface area contributed by atoms with E-state index in [2.05, 4.69) is 21.7 Å². The molecule has 0 aliphatic rings. The molecule has 0 saturated carbocycles. The van der Waals surface area contributed by atoms with Gasteiger partial charge in [-0.25, -0.2) is 21.9 Å². The molecule has 5 nitrogen and oxygen atoms in total. The van der Waals surface area contributed by atoms with Gasteiger partial charge in [-0.3, -0.25) is 0 Å². The predicted octanol–water partition coefficient (Wildman–Crippen LogP) is 0.967. The Kier molecular flexibility index (Phi) is 11.3. The lowest BCUT2D eigenvalue weighted by Crippen LogP contribution is -2.30. The summed E-state index contributed by atoms with van der Waals surface area (Å²) in [5.74, 6) is 0.0512. The first kappa shape index (κ1) is 18.7. The van der Waals surface area contributed by atoms with Crippen LogP contribution in [0.3, 0.4) is 0 Å². The van der Waals surface area contributed by atoms with Crippen LogP contribution in [0, 0.1) is 0 Å². The quantitative estimate of drug-likeness (QED) is 0.498. The summed E-state index contributed by atoms with van der Waals surface area (Å²) in [6, 6.07) is 0. The number of sulfonamides is 1. The van der Waals surface area contributed by atoms with Gasteiger partial charge in [-0.1, -0.05) is 6.92 Å². The van der Waals surface area contributed by atoms with Crippen LogP contribution in [-0.2, 0) is 14.8 Å². The van der Waals surface area contributed by atoms with Gasteiger partial charge in [0, 0.05) is 6.54 Å². The third-order valence-electron chi connectivity index (χ3n) is 2.26. The average Bonchev–Trinajstić information content (AvgIpc) is 2.32. The minimum absolute atomic E-state index is 0.0309. The lowest BCUT2D eigenvalue weighted by Gasteiger charge is -2.07. The van der Waals surface area contributed by atoms with E-state index in [9.17, 15) is 17.2 Å². The van der Waals surface area contributed by atoms with E-state index in [1.165, 1.54) is 0 Å². The maximum Gasteiger partial charge on any atom is 0.261 e. The Morgan fingerprint density at radius 3 is 2.53 bits per heavy atom. The van der Waals surface area contributed by atoms with Crippen LogP contribution in [0.4, 0.5) is 8.78 Å². The second kappa shape index (κ2) is 11.5. The summed E-state index contributed by atoms with van der Waals surface area (Å²) in [6.07, 6.45) is -0.0993. The second-order valence-electron chi connectivity index (χ2n) is 4.14. The van der Waals surface area contributed by atoms with Gasteiger partial charge in [0.05, 0.1) is 12.4 Å². The van der Waals surface area contributed by atoms with E-state index >= 15 is 0 Å². The lowest BCUT2D eigenvalue weighted by atomic mass is 10.3.